The van der Waals surface area contributed by atoms with Crippen molar-refractivity contribution in [2.24, 2.45) is 0 Å². The van der Waals surface area contributed by atoms with Gasteiger partial charge in [-0.2, -0.15) is 0 Å². The minimum absolute atomic E-state index is 0.146. The van der Waals surface area contributed by atoms with Gasteiger partial charge in [-0.25, -0.2) is 18.1 Å². The van der Waals surface area contributed by atoms with Gasteiger partial charge in [-0.15, -0.1) is 0 Å². The molecule has 0 aliphatic rings. The number of para-hydroxylation sites is 2. The van der Waals surface area contributed by atoms with Crippen molar-refractivity contribution in [2.45, 2.75) is 17.9 Å². The van der Waals surface area contributed by atoms with E-state index in [0.717, 1.165) is 17.5 Å². The fourth-order valence-electron chi connectivity index (χ4n) is 3.56. The molecule has 4 aromatic rings. The van der Waals surface area contributed by atoms with Gasteiger partial charge >= 0.3 is 0 Å². The van der Waals surface area contributed by atoms with Crippen molar-refractivity contribution in [3.05, 3.63) is 90.0 Å². The summed E-state index contributed by atoms with van der Waals surface area (Å²) in [7, 11) is -2.17. The summed E-state index contributed by atoms with van der Waals surface area (Å²) in [6.45, 7) is 1.51. The van der Waals surface area contributed by atoms with E-state index in [-0.39, 0.29) is 16.8 Å². The molecule has 0 spiro atoms. The second-order valence-corrected chi connectivity index (χ2v) is 9.41. The second-order valence-electron chi connectivity index (χ2n) is 7.73. The average Bonchev–Trinajstić information content (AvgIpc) is 3.19. The molecule has 0 aliphatic heterocycles. The maximum atomic E-state index is 12.9. The van der Waals surface area contributed by atoms with E-state index in [9.17, 15) is 13.2 Å². The number of imidazole rings is 1. The van der Waals surface area contributed by atoms with E-state index in [2.05, 4.69) is 15.0 Å². The van der Waals surface area contributed by atoms with E-state index >= 15 is 0 Å². The molecule has 3 aromatic carbocycles. The minimum atomic E-state index is -3.80. The Labute approximate surface area is 198 Å². The Morgan fingerprint density at radius 3 is 2.41 bits per heavy atom. The summed E-state index contributed by atoms with van der Waals surface area (Å²) in [4.78, 5) is 17.0. The molecule has 4 rings (SSSR count). The Morgan fingerprint density at radius 2 is 1.68 bits per heavy atom. The number of nitrogens with one attached hydrogen (secondary N) is 2. The number of benzene rings is 3. The number of ether oxygens (including phenoxy) is 1. The zero-order chi connectivity index (χ0) is 24.0. The van der Waals surface area contributed by atoms with Crippen molar-refractivity contribution in [3.63, 3.8) is 0 Å². The van der Waals surface area contributed by atoms with Gasteiger partial charge in [-0.05, 0) is 48.4 Å². The van der Waals surface area contributed by atoms with Crippen LogP contribution in [0.5, 0.6) is 0 Å². The Morgan fingerprint density at radius 1 is 0.971 bits per heavy atom. The quantitative estimate of drug-likeness (QED) is 0.339. The number of fused-ring (bicyclic) bond motifs is 1. The molecule has 1 aromatic heterocycles. The first-order valence-corrected chi connectivity index (χ1v) is 12.4. The van der Waals surface area contributed by atoms with Crippen molar-refractivity contribution < 1.29 is 17.9 Å². The molecular weight excluding hydrogens is 452 g/mol. The number of hydrogen-bond acceptors (Lipinski definition) is 5. The van der Waals surface area contributed by atoms with E-state index in [1.54, 1.807) is 37.4 Å². The van der Waals surface area contributed by atoms with Gasteiger partial charge < -0.3 is 14.6 Å². The van der Waals surface area contributed by atoms with Crippen molar-refractivity contribution in [2.75, 3.05) is 25.0 Å². The average molecular weight is 479 g/mol. The van der Waals surface area contributed by atoms with Crippen LogP contribution in [-0.2, 0) is 21.3 Å². The minimum Gasteiger partial charge on any atom is -0.385 e. The van der Waals surface area contributed by atoms with E-state index < -0.39 is 10.0 Å². The zero-order valence-corrected chi connectivity index (χ0v) is 19.6. The molecule has 0 saturated carbocycles. The molecule has 0 radical (unpaired) electrons. The van der Waals surface area contributed by atoms with E-state index in [0.29, 0.717) is 30.8 Å². The highest BCUT2D eigenvalue weighted by Crippen LogP contribution is 2.24. The number of aromatic nitrogens is 2. The van der Waals surface area contributed by atoms with Crippen LogP contribution in [0.2, 0.25) is 0 Å². The van der Waals surface area contributed by atoms with Gasteiger partial charge in [-0.3, -0.25) is 4.79 Å². The molecule has 34 heavy (non-hydrogen) atoms. The number of hydrogen-bond donors (Lipinski definition) is 2. The summed E-state index contributed by atoms with van der Waals surface area (Å²) in [5, 5.41) is 2.86. The van der Waals surface area contributed by atoms with Crippen LogP contribution in [0.1, 0.15) is 22.3 Å². The summed E-state index contributed by atoms with van der Waals surface area (Å²) >= 11 is 0. The fourth-order valence-corrected chi connectivity index (χ4v) is 4.59. The normalized spacial score (nSPS) is 11.4. The molecule has 0 bridgehead atoms. The monoisotopic (exact) mass is 478 g/mol. The van der Waals surface area contributed by atoms with Gasteiger partial charge in [0.2, 0.25) is 5.95 Å². The van der Waals surface area contributed by atoms with Gasteiger partial charge in [0, 0.05) is 25.8 Å². The van der Waals surface area contributed by atoms with Crippen LogP contribution in [0, 0.1) is 0 Å². The van der Waals surface area contributed by atoms with E-state index in [4.69, 9.17) is 4.74 Å². The number of carbonyl (C=O) groups excluding carboxylic acids is 1. The number of anilines is 1. The van der Waals surface area contributed by atoms with Crippen LogP contribution in [0.25, 0.3) is 11.0 Å². The second kappa shape index (κ2) is 10.5. The number of rotatable bonds is 10. The summed E-state index contributed by atoms with van der Waals surface area (Å²) in [6.07, 6.45) is 0.746. The molecule has 176 valence electrons. The highest BCUT2D eigenvalue weighted by atomic mass is 32.2. The summed E-state index contributed by atoms with van der Waals surface area (Å²) in [6, 6.07) is 22.9. The molecule has 8 nitrogen and oxygen atoms in total. The molecule has 0 unspecified atom stereocenters. The lowest BCUT2D eigenvalue weighted by Gasteiger charge is -2.12. The Kier molecular flexibility index (Phi) is 7.24. The molecule has 9 heteroatoms. The largest absolute Gasteiger partial charge is 0.385 e. The van der Waals surface area contributed by atoms with Gasteiger partial charge in [0.05, 0.1) is 22.5 Å². The number of methoxy groups -OCH3 is 1. The van der Waals surface area contributed by atoms with Crippen LogP contribution in [0.4, 0.5) is 5.95 Å². The number of sulfonamides is 1. The zero-order valence-electron chi connectivity index (χ0n) is 18.8. The fraction of sp³-hybridized carbons (Fsp3) is 0.200. The van der Waals surface area contributed by atoms with Crippen LogP contribution in [-0.4, -0.2) is 44.1 Å². The van der Waals surface area contributed by atoms with Crippen LogP contribution in [0.3, 0.4) is 0 Å². The lowest BCUT2D eigenvalue weighted by atomic mass is 10.1. The predicted molar refractivity (Wildman–Crippen MR) is 131 cm³/mol. The third-order valence-electron chi connectivity index (χ3n) is 5.30. The summed E-state index contributed by atoms with van der Waals surface area (Å²) in [5.74, 6) is 0.0806. The van der Waals surface area contributed by atoms with Crippen molar-refractivity contribution in [1.29, 1.82) is 0 Å². The number of carbonyl (C=O) groups is 1. The van der Waals surface area contributed by atoms with Crippen LogP contribution in [0.15, 0.2) is 83.8 Å². The maximum absolute atomic E-state index is 12.9. The van der Waals surface area contributed by atoms with E-state index in [1.807, 2.05) is 41.0 Å². The standard InChI is InChI=1S/C25H26N4O4S/c1-33-17-7-16-26-24(30)20-14-12-19(13-15-20)18-29-23-11-6-5-10-22(23)27-25(29)28-34(31,32)21-8-3-2-4-9-21/h2-6,8-15H,7,16-18H2,1H3,(H,26,30)(H,27,28). The molecule has 0 aliphatic carbocycles. The molecule has 1 heterocycles. The van der Waals surface area contributed by atoms with Crippen LogP contribution < -0.4 is 10.0 Å². The Bertz CT molecular complexity index is 1370. The smallest absolute Gasteiger partial charge is 0.264 e. The molecule has 0 atom stereocenters. The molecule has 0 fully saturated rings. The first-order chi connectivity index (χ1) is 16.5. The summed E-state index contributed by atoms with van der Waals surface area (Å²) in [5.41, 5.74) is 2.94. The number of amides is 1. The summed E-state index contributed by atoms with van der Waals surface area (Å²) < 4.78 is 35.3. The van der Waals surface area contributed by atoms with Gasteiger partial charge in [0.25, 0.3) is 15.9 Å². The van der Waals surface area contributed by atoms with Crippen LogP contribution >= 0.6 is 0 Å². The van der Waals surface area contributed by atoms with Gasteiger partial charge in [0.1, 0.15) is 0 Å². The number of nitrogens with zero attached hydrogens (tertiary/aromatic N) is 2. The predicted octanol–water partition coefficient (Wildman–Crippen LogP) is 3.65. The Balaban J connectivity index is 1.57. The molecule has 1 amide bonds. The van der Waals surface area contributed by atoms with Gasteiger partial charge in [-0.1, -0.05) is 42.5 Å². The first kappa shape index (κ1) is 23.5. The van der Waals surface area contributed by atoms with Crippen molar-refractivity contribution in [3.8, 4) is 0 Å². The third kappa shape index (κ3) is 5.44. The highest BCUT2D eigenvalue weighted by molar-refractivity contribution is 7.92. The first-order valence-electron chi connectivity index (χ1n) is 10.9. The molecule has 0 saturated heterocycles. The van der Waals surface area contributed by atoms with Crippen molar-refractivity contribution >= 4 is 32.9 Å². The SMILES string of the molecule is COCCCNC(=O)c1ccc(Cn2c(NS(=O)(=O)c3ccccc3)nc3ccccc32)cc1. The lowest BCUT2D eigenvalue weighted by molar-refractivity contribution is 0.0948. The topological polar surface area (TPSA) is 102 Å². The van der Waals surface area contributed by atoms with Crippen molar-refractivity contribution in [1.82, 2.24) is 14.9 Å². The van der Waals surface area contributed by atoms with Gasteiger partial charge in [0.15, 0.2) is 0 Å². The lowest BCUT2D eigenvalue weighted by Crippen LogP contribution is -2.25. The third-order valence-corrected chi connectivity index (χ3v) is 6.65. The Hall–Kier alpha value is -3.69. The molecular formula is C25H26N4O4S. The maximum Gasteiger partial charge on any atom is 0.264 e. The highest BCUT2D eigenvalue weighted by Gasteiger charge is 2.19. The molecule has 2 N–H and O–H groups in total. The van der Waals surface area contributed by atoms with E-state index in [1.165, 1.54) is 12.1 Å².